The zero-order valence-corrected chi connectivity index (χ0v) is 20.6. The van der Waals surface area contributed by atoms with Gasteiger partial charge >= 0.3 is 6.09 Å². The third-order valence-electron chi connectivity index (χ3n) is 6.70. The molecule has 7 nitrogen and oxygen atoms in total. The molecule has 0 saturated heterocycles. The number of hydrogen-bond acceptors (Lipinski definition) is 4. The van der Waals surface area contributed by atoms with Gasteiger partial charge in [0.2, 0.25) is 0 Å². The van der Waals surface area contributed by atoms with Crippen LogP contribution in [-0.2, 0) is 4.74 Å². The smallest absolute Gasteiger partial charge is 0.411 e. The number of aromatic nitrogens is 2. The number of pyridine rings is 1. The molecule has 0 bridgehead atoms. The van der Waals surface area contributed by atoms with Gasteiger partial charge in [-0.25, -0.2) is 4.79 Å². The highest BCUT2D eigenvalue weighted by Gasteiger charge is 2.28. The summed E-state index contributed by atoms with van der Waals surface area (Å²) < 4.78 is 9.07. The van der Waals surface area contributed by atoms with Crippen molar-refractivity contribution in [2.24, 2.45) is 0 Å². The van der Waals surface area contributed by atoms with Crippen LogP contribution in [0.4, 0.5) is 10.5 Å². The molecule has 1 amide bonds. The van der Waals surface area contributed by atoms with Gasteiger partial charge < -0.3 is 9.30 Å². The summed E-state index contributed by atoms with van der Waals surface area (Å²) in [4.78, 5) is 24.7. The molecular weight excluding hydrogens is 452 g/mol. The van der Waals surface area contributed by atoms with Gasteiger partial charge in [0.25, 0.3) is 5.56 Å². The fourth-order valence-electron chi connectivity index (χ4n) is 4.75. The molecular formula is C29H28N4O3. The highest BCUT2D eigenvalue weighted by Crippen LogP contribution is 2.43. The lowest BCUT2D eigenvalue weighted by molar-refractivity contribution is 0.130. The Labute approximate surface area is 209 Å². The molecule has 7 heteroatoms. The number of nitriles is 1. The minimum absolute atomic E-state index is 0.0570. The highest BCUT2D eigenvalue weighted by molar-refractivity contribution is 5.96. The molecule has 0 radical (unpaired) electrons. The van der Waals surface area contributed by atoms with Crippen LogP contribution in [0.3, 0.4) is 0 Å². The lowest BCUT2D eigenvalue weighted by Gasteiger charge is -2.30. The van der Waals surface area contributed by atoms with E-state index < -0.39 is 6.09 Å². The van der Waals surface area contributed by atoms with Gasteiger partial charge in [-0.2, -0.15) is 5.26 Å². The van der Waals surface area contributed by atoms with Crippen molar-refractivity contribution in [3.8, 4) is 23.0 Å². The molecule has 36 heavy (non-hydrogen) atoms. The summed E-state index contributed by atoms with van der Waals surface area (Å²) in [7, 11) is 0. The molecule has 1 fully saturated rings. The van der Waals surface area contributed by atoms with Crippen molar-refractivity contribution in [1.82, 2.24) is 9.13 Å². The number of nitrogens with zero attached hydrogens (tertiary/aromatic N) is 3. The zero-order valence-electron chi connectivity index (χ0n) is 20.6. The summed E-state index contributed by atoms with van der Waals surface area (Å²) >= 11 is 0. The second kappa shape index (κ2) is 9.38. The van der Waals surface area contributed by atoms with Gasteiger partial charge in [-0.15, -0.1) is 0 Å². The summed E-state index contributed by atoms with van der Waals surface area (Å²) in [6, 6.07) is 19.7. The predicted molar refractivity (Wildman–Crippen MR) is 141 cm³/mol. The van der Waals surface area contributed by atoms with Crippen molar-refractivity contribution >= 4 is 22.7 Å². The van der Waals surface area contributed by atoms with Gasteiger partial charge in [-0.05, 0) is 82.0 Å². The molecule has 1 saturated carbocycles. The van der Waals surface area contributed by atoms with E-state index in [1.165, 1.54) is 0 Å². The number of ether oxygens (including phenoxy) is 1. The van der Waals surface area contributed by atoms with E-state index in [2.05, 4.69) is 16.0 Å². The number of rotatable bonds is 5. The van der Waals surface area contributed by atoms with Gasteiger partial charge in [0.15, 0.2) is 0 Å². The summed E-state index contributed by atoms with van der Waals surface area (Å²) in [5.74, 6) is 0. The molecule has 2 heterocycles. The van der Waals surface area contributed by atoms with E-state index >= 15 is 0 Å². The highest BCUT2D eigenvalue weighted by atomic mass is 16.6. The van der Waals surface area contributed by atoms with E-state index in [1.54, 1.807) is 37.6 Å². The fourth-order valence-corrected chi connectivity index (χ4v) is 4.75. The molecule has 0 unspecified atom stereocenters. The summed E-state index contributed by atoms with van der Waals surface area (Å²) in [5, 5.41) is 13.8. The standard InChI is InChI=1S/C29H28N4O3/c1-18(2)36-29(35)31-21-11-9-20(10-12-21)27-25(17-30)24-14-13-23(32-15-5-6-19(3)28(32)34)16-26(24)33(27)22-7-4-8-22/h5-6,9-16,18,22H,4,7-8H2,1-3H3,(H,31,35). The average Bonchev–Trinajstić information content (AvgIpc) is 3.13. The number of fused-ring (bicyclic) bond motifs is 1. The summed E-state index contributed by atoms with van der Waals surface area (Å²) in [5.41, 5.74) is 5.33. The second-order valence-electron chi connectivity index (χ2n) is 9.51. The van der Waals surface area contributed by atoms with Crippen LogP contribution in [0.1, 0.15) is 50.3 Å². The SMILES string of the molecule is Cc1cccn(-c2ccc3c(C#N)c(-c4ccc(NC(=O)OC(C)C)cc4)n(C4CCC4)c3c2)c1=O. The van der Waals surface area contributed by atoms with E-state index in [1.807, 2.05) is 48.5 Å². The Balaban J connectivity index is 1.63. The first kappa shape index (κ1) is 23.4. The molecule has 4 aromatic rings. The van der Waals surface area contributed by atoms with Crippen LogP contribution in [0.2, 0.25) is 0 Å². The van der Waals surface area contributed by atoms with E-state index in [9.17, 15) is 14.9 Å². The van der Waals surface area contributed by atoms with Crippen molar-refractivity contribution in [3.05, 3.63) is 82.3 Å². The maximum atomic E-state index is 12.8. The number of nitrogens with one attached hydrogen (secondary N) is 1. The summed E-state index contributed by atoms with van der Waals surface area (Å²) in [6.07, 6.45) is 4.28. The van der Waals surface area contributed by atoms with Crippen LogP contribution in [0.5, 0.6) is 0 Å². The van der Waals surface area contributed by atoms with Crippen LogP contribution < -0.4 is 10.9 Å². The first-order valence-corrected chi connectivity index (χ1v) is 12.2. The van der Waals surface area contributed by atoms with E-state index in [-0.39, 0.29) is 17.7 Å². The van der Waals surface area contributed by atoms with Gasteiger partial charge in [0, 0.05) is 28.9 Å². The molecule has 5 rings (SSSR count). The molecule has 1 N–H and O–H groups in total. The third-order valence-corrected chi connectivity index (χ3v) is 6.70. The van der Waals surface area contributed by atoms with E-state index in [0.29, 0.717) is 16.8 Å². The van der Waals surface area contributed by atoms with Crippen molar-refractivity contribution in [1.29, 1.82) is 5.26 Å². The van der Waals surface area contributed by atoms with Gasteiger partial charge in [-0.3, -0.25) is 14.7 Å². The number of benzene rings is 2. The van der Waals surface area contributed by atoms with Crippen molar-refractivity contribution in [2.45, 2.75) is 52.2 Å². The topological polar surface area (TPSA) is 89.0 Å². The number of amides is 1. The monoisotopic (exact) mass is 480 g/mol. The van der Waals surface area contributed by atoms with Crippen molar-refractivity contribution in [3.63, 3.8) is 0 Å². The lowest BCUT2D eigenvalue weighted by atomic mass is 9.92. The first-order valence-electron chi connectivity index (χ1n) is 12.2. The van der Waals surface area contributed by atoms with Crippen LogP contribution in [0.15, 0.2) is 65.6 Å². The first-order chi connectivity index (χ1) is 17.4. The quantitative estimate of drug-likeness (QED) is 0.362. The molecule has 1 aliphatic carbocycles. The van der Waals surface area contributed by atoms with E-state index in [4.69, 9.17) is 4.74 Å². The van der Waals surface area contributed by atoms with Gasteiger partial charge in [-0.1, -0.05) is 18.2 Å². The number of carbonyl (C=O) groups excluding carboxylic acids is 1. The Morgan fingerprint density at radius 3 is 2.53 bits per heavy atom. The molecule has 182 valence electrons. The molecule has 0 aliphatic heterocycles. The largest absolute Gasteiger partial charge is 0.447 e. The Hall–Kier alpha value is -4.31. The van der Waals surface area contributed by atoms with Crippen molar-refractivity contribution < 1.29 is 9.53 Å². The lowest BCUT2D eigenvalue weighted by Crippen LogP contribution is -2.20. The maximum absolute atomic E-state index is 12.8. The maximum Gasteiger partial charge on any atom is 0.411 e. The zero-order chi connectivity index (χ0) is 25.4. The minimum atomic E-state index is -0.502. The van der Waals surface area contributed by atoms with Crippen LogP contribution in [0, 0.1) is 18.3 Å². The van der Waals surface area contributed by atoms with E-state index in [0.717, 1.165) is 47.1 Å². The minimum Gasteiger partial charge on any atom is -0.447 e. The number of carbonyl (C=O) groups is 1. The van der Waals surface area contributed by atoms with Crippen LogP contribution >= 0.6 is 0 Å². The molecule has 0 spiro atoms. The Kier molecular flexibility index (Phi) is 6.11. The normalized spacial score (nSPS) is 13.4. The number of anilines is 1. The average molecular weight is 481 g/mol. The number of aryl methyl sites for hydroxylation is 1. The Bertz CT molecular complexity index is 1550. The van der Waals surface area contributed by atoms with Crippen LogP contribution in [0.25, 0.3) is 27.8 Å². The van der Waals surface area contributed by atoms with Gasteiger partial charge in [0.1, 0.15) is 6.07 Å². The fraction of sp³-hybridized carbons (Fsp3) is 0.276. The van der Waals surface area contributed by atoms with Gasteiger partial charge in [0.05, 0.1) is 28.6 Å². The predicted octanol–water partition coefficient (Wildman–Crippen LogP) is 6.32. The molecule has 2 aromatic carbocycles. The Morgan fingerprint density at radius 1 is 1.14 bits per heavy atom. The molecule has 0 atom stereocenters. The Morgan fingerprint density at radius 2 is 1.89 bits per heavy atom. The molecule has 1 aliphatic rings. The van der Waals surface area contributed by atoms with Crippen molar-refractivity contribution in [2.75, 3.05) is 5.32 Å². The third kappa shape index (κ3) is 4.16. The number of hydrogen-bond donors (Lipinski definition) is 1. The second-order valence-corrected chi connectivity index (χ2v) is 9.51. The van der Waals surface area contributed by atoms with Crippen LogP contribution in [-0.4, -0.2) is 21.3 Å². The molecule has 2 aromatic heterocycles. The summed E-state index contributed by atoms with van der Waals surface area (Å²) in [6.45, 7) is 5.40.